The number of hydrogen-bond acceptors (Lipinski definition) is 2. The van der Waals surface area contributed by atoms with Crippen molar-refractivity contribution in [3.63, 3.8) is 0 Å². The van der Waals surface area contributed by atoms with Gasteiger partial charge in [-0.25, -0.2) is 0 Å². The van der Waals surface area contributed by atoms with Crippen molar-refractivity contribution in [2.45, 2.75) is 57.0 Å². The number of hydrogen-bond donors (Lipinski definition) is 2. The quantitative estimate of drug-likeness (QED) is 0.720. The van der Waals surface area contributed by atoms with Crippen LogP contribution in [0.2, 0.25) is 0 Å². The lowest BCUT2D eigenvalue weighted by atomic mass is 9.87. The van der Waals surface area contributed by atoms with E-state index in [1.807, 2.05) is 0 Å². The Morgan fingerprint density at radius 1 is 1.07 bits per heavy atom. The van der Waals surface area contributed by atoms with Gasteiger partial charge in [-0.05, 0) is 45.2 Å². The summed E-state index contributed by atoms with van der Waals surface area (Å²) in [6.07, 6.45) is 9.97. The average molecular weight is 196 g/mol. The Morgan fingerprint density at radius 3 is 2.36 bits per heavy atom. The summed E-state index contributed by atoms with van der Waals surface area (Å²) in [4.78, 5) is 0. The molecule has 2 rings (SSSR count). The molecule has 14 heavy (non-hydrogen) atoms. The maximum absolute atomic E-state index is 3.68. The van der Waals surface area contributed by atoms with E-state index >= 15 is 0 Å². The van der Waals surface area contributed by atoms with Crippen molar-refractivity contribution < 1.29 is 0 Å². The van der Waals surface area contributed by atoms with Crippen molar-refractivity contribution in [3.8, 4) is 0 Å². The molecule has 0 spiro atoms. The third-order valence-corrected chi connectivity index (χ3v) is 4.02. The molecule has 2 fully saturated rings. The summed E-state index contributed by atoms with van der Waals surface area (Å²) in [5.74, 6) is 0.940. The molecule has 0 bridgehead atoms. The SMILES string of the molecule is CNC(C1CCCC1)C1CCCCN1. The van der Waals surface area contributed by atoms with Crippen molar-refractivity contribution in [2.24, 2.45) is 5.92 Å². The first-order valence-electron chi connectivity index (χ1n) is 6.32. The fraction of sp³-hybridized carbons (Fsp3) is 1.00. The largest absolute Gasteiger partial charge is 0.315 e. The number of likely N-dealkylation sites (N-methyl/N-ethyl adjacent to an activating group) is 1. The van der Waals surface area contributed by atoms with Gasteiger partial charge >= 0.3 is 0 Å². The van der Waals surface area contributed by atoms with Crippen LogP contribution in [0.3, 0.4) is 0 Å². The predicted molar refractivity (Wildman–Crippen MR) is 60.4 cm³/mol. The summed E-state index contributed by atoms with van der Waals surface area (Å²) in [5.41, 5.74) is 0. The standard InChI is InChI=1S/C12H24N2/c1-13-12(10-6-2-3-7-10)11-8-4-5-9-14-11/h10-14H,2-9H2,1H3. The molecule has 1 aliphatic heterocycles. The molecule has 0 amide bonds. The highest BCUT2D eigenvalue weighted by Crippen LogP contribution is 2.30. The first-order valence-corrected chi connectivity index (χ1v) is 6.32. The molecule has 2 atom stereocenters. The summed E-state index contributed by atoms with van der Waals surface area (Å²) in [7, 11) is 2.14. The van der Waals surface area contributed by atoms with E-state index in [-0.39, 0.29) is 0 Å². The molecular formula is C12H24N2. The first kappa shape index (κ1) is 10.4. The highest BCUT2D eigenvalue weighted by molar-refractivity contribution is 4.90. The summed E-state index contributed by atoms with van der Waals surface area (Å²) < 4.78 is 0. The number of nitrogens with one attached hydrogen (secondary N) is 2. The summed E-state index contributed by atoms with van der Waals surface area (Å²) in [6.45, 7) is 1.23. The van der Waals surface area contributed by atoms with E-state index in [1.54, 1.807) is 0 Å². The molecule has 0 aromatic carbocycles. The Bertz CT molecular complexity index is 158. The number of piperidine rings is 1. The average Bonchev–Trinajstić information content (AvgIpc) is 2.74. The van der Waals surface area contributed by atoms with Gasteiger partial charge in [-0.1, -0.05) is 19.3 Å². The van der Waals surface area contributed by atoms with Gasteiger partial charge in [0.15, 0.2) is 0 Å². The van der Waals surface area contributed by atoms with Gasteiger partial charge in [-0.2, -0.15) is 0 Å². The van der Waals surface area contributed by atoms with Crippen LogP contribution in [-0.2, 0) is 0 Å². The van der Waals surface area contributed by atoms with Crippen LogP contribution in [0, 0.1) is 5.92 Å². The molecule has 1 heterocycles. The first-order chi connectivity index (χ1) is 6.92. The summed E-state index contributed by atoms with van der Waals surface area (Å²) in [6, 6.07) is 1.48. The van der Waals surface area contributed by atoms with Crippen LogP contribution in [0.15, 0.2) is 0 Å². The van der Waals surface area contributed by atoms with Crippen molar-refractivity contribution in [1.29, 1.82) is 0 Å². The Hall–Kier alpha value is -0.0800. The minimum absolute atomic E-state index is 0.734. The Morgan fingerprint density at radius 2 is 1.79 bits per heavy atom. The summed E-state index contributed by atoms with van der Waals surface area (Å²) >= 11 is 0. The fourth-order valence-corrected chi connectivity index (χ4v) is 3.27. The zero-order chi connectivity index (χ0) is 9.80. The highest BCUT2D eigenvalue weighted by atomic mass is 15.0. The molecule has 0 radical (unpaired) electrons. The fourth-order valence-electron chi connectivity index (χ4n) is 3.27. The molecular weight excluding hydrogens is 172 g/mol. The van der Waals surface area contributed by atoms with Crippen molar-refractivity contribution in [3.05, 3.63) is 0 Å². The maximum Gasteiger partial charge on any atom is 0.0246 e. The minimum atomic E-state index is 0.734. The van der Waals surface area contributed by atoms with Crippen molar-refractivity contribution >= 4 is 0 Å². The third kappa shape index (κ3) is 2.29. The molecule has 0 aromatic heterocycles. The van der Waals surface area contributed by atoms with Gasteiger partial charge in [0.2, 0.25) is 0 Å². The predicted octanol–water partition coefficient (Wildman–Crippen LogP) is 1.91. The van der Waals surface area contributed by atoms with E-state index in [0.717, 1.165) is 18.0 Å². The highest BCUT2D eigenvalue weighted by Gasteiger charge is 2.30. The second-order valence-electron chi connectivity index (χ2n) is 4.92. The lowest BCUT2D eigenvalue weighted by Gasteiger charge is -2.35. The van der Waals surface area contributed by atoms with E-state index in [4.69, 9.17) is 0 Å². The van der Waals surface area contributed by atoms with E-state index < -0.39 is 0 Å². The van der Waals surface area contributed by atoms with Gasteiger partial charge in [0.1, 0.15) is 0 Å². The van der Waals surface area contributed by atoms with Gasteiger partial charge in [-0.3, -0.25) is 0 Å². The normalized spacial score (nSPS) is 31.9. The van der Waals surface area contributed by atoms with Crippen LogP contribution in [0.1, 0.15) is 44.9 Å². The molecule has 82 valence electrons. The molecule has 2 unspecified atom stereocenters. The molecule has 1 saturated carbocycles. The third-order valence-electron chi connectivity index (χ3n) is 4.02. The van der Waals surface area contributed by atoms with Crippen LogP contribution in [0.5, 0.6) is 0 Å². The van der Waals surface area contributed by atoms with E-state index in [1.165, 1.54) is 51.5 Å². The monoisotopic (exact) mass is 196 g/mol. The maximum atomic E-state index is 3.68. The zero-order valence-electron chi connectivity index (χ0n) is 9.39. The topological polar surface area (TPSA) is 24.1 Å². The zero-order valence-corrected chi connectivity index (χ0v) is 9.39. The van der Waals surface area contributed by atoms with E-state index in [9.17, 15) is 0 Å². The van der Waals surface area contributed by atoms with Crippen LogP contribution >= 0.6 is 0 Å². The molecule has 2 N–H and O–H groups in total. The van der Waals surface area contributed by atoms with Crippen molar-refractivity contribution in [1.82, 2.24) is 10.6 Å². The van der Waals surface area contributed by atoms with Gasteiger partial charge in [0, 0.05) is 12.1 Å². The summed E-state index contributed by atoms with van der Waals surface area (Å²) in [5, 5.41) is 7.24. The lowest BCUT2D eigenvalue weighted by molar-refractivity contribution is 0.254. The van der Waals surface area contributed by atoms with Crippen LogP contribution in [0.25, 0.3) is 0 Å². The molecule has 2 aliphatic rings. The number of rotatable bonds is 3. The van der Waals surface area contributed by atoms with Crippen LogP contribution in [-0.4, -0.2) is 25.7 Å². The van der Waals surface area contributed by atoms with Gasteiger partial charge in [-0.15, -0.1) is 0 Å². The smallest absolute Gasteiger partial charge is 0.0246 e. The second kappa shape index (κ2) is 5.13. The van der Waals surface area contributed by atoms with Crippen LogP contribution < -0.4 is 10.6 Å². The molecule has 1 saturated heterocycles. The van der Waals surface area contributed by atoms with E-state index in [0.29, 0.717) is 0 Å². The Labute approximate surface area is 87.8 Å². The second-order valence-corrected chi connectivity index (χ2v) is 4.92. The lowest BCUT2D eigenvalue weighted by Crippen LogP contribution is -2.52. The Kier molecular flexibility index (Phi) is 3.82. The van der Waals surface area contributed by atoms with E-state index in [2.05, 4.69) is 17.7 Å². The minimum Gasteiger partial charge on any atom is -0.315 e. The Balaban J connectivity index is 1.89. The molecule has 2 nitrogen and oxygen atoms in total. The molecule has 0 aromatic rings. The van der Waals surface area contributed by atoms with Crippen LogP contribution in [0.4, 0.5) is 0 Å². The molecule has 1 aliphatic carbocycles. The van der Waals surface area contributed by atoms with Crippen molar-refractivity contribution in [2.75, 3.05) is 13.6 Å². The van der Waals surface area contributed by atoms with Gasteiger partial charge < -0.3 is 10.6 Å². The molecule has 2 heteroatoms. The van der Waals surface area contributed by atoms with Gasteiger partial charge in [0.05, 0.1) is 0 Å². The van der Waals surface area contributed by atoms with Gasteiger partial charge in [0.25, 0.3) is 0 Å².